The minimum Gasteiger partial charge on any atom is -0.221 e. The summed E-state index contributed by atoms with van der Waals surface area (Å²) in [7, 11) is 0. The summed E-state index contributed by atoms with van der Waals surface area (Å²) in [5, 5.41) is 4.90. The Morgan fingerprint density at radius 3 is 2.46 bits per heavy atom. The van der Waals surface area contributed by atoms with Crippen LogP contribution < -0.4 is 0 Å². The largest absolute Gasteiger partial charge is 0.221 e. The zero-order valence-corrected chi connectivity index (χ0v) is 7.86. The fraction of sp³-hybridized carbons (Fsp3) is 0.111. The van der Waals surface area contributed by atoms with Gasteiger partial charge in [0.25, 0.3) is 0 Å². The summed E-state index contributed by atoms with van der Waals surface area (Å²) in [6.45, 7) is 1.85. The Balaban J connectivity index is 2.41. The molecule has 0 aliphatic rings. The highest BCUT2D eigenvalue weighted by molar-refractivity contribution is 6.30. The lowest BCUT2D eigenvalue weighted by molar-refractivity contribution is 0.863. The highest BCUT2D eigenvalue weighted by atomic mass is 35.5. The van der Waals surface area contributed by atoms with Crippen LogP contribution in [0.3, 0.4) is 0 Å². The van der Waals surface area contributed by atoms with Gasteiger partial charge in [0.15, 0.2) is 0 Å². The molecule has 0 radical (unpaired) electrons. The Hall–Kier alpha value is -1.35. The second-order valence-corrected chi connectivity index (χ2v) is 3.15. The third-order valence-electron chi connectivity index (χ3n) is 1.70. The summed E-state index contributed by atoms with van der Waals surface area (Å²) >= 11 is 5.76. The van der Waals surface area contributed by atoms with Crippen LogP contribution in [0.2, 0.25) is 5.02 Å². The Labute approximate surface area is 81.0 Å². The van der Waals surface area contributed by atoms with E-state index in [4.69, 9.17) is 11.6 Å². The van der Waals surface area contributed by atoms with E-state index in [1.807, 2.05) is 31.2 Å². The van der Waals surface area contributed by atoms with E-state index >= 15 is 0 Å². The van der Waals surface area contributed by atoms with Gasteiger partial charge in [0.05, 0.1) is 5.69 Å². The standard InChI is InChI=1S/C9H8ClN3/c1-7-11-6-13(12-7)9-4-2-8(10)3-5-9/h2-6H,1H3. The fourth-order valence-corrected chi connectivity index (χ4v) is 1.19. The van der Waals surface area contributed by atoms with E-state index in [1.54, 1.807) is 11.0 Å². The molecule has 1 aromatic carbocycles. The minimum atomic E-state index is 0.723. The molecular weight excluding hydrogens is 186 g/mol. The molecule has 66 valence electrons. The minimum absolute atomic E-state index is 0.723. The first-order chi connectivity index (χ1) is 6.25. The van der Waals surface area contributed by atoms with Crippen molar-refractivity contribution in [3.63, 3.8) is 0 Å². The zero-order valence-electron chi connectivity index (χ0n) is 7.11. The van der Waals surface area contributed by atoms with E-state index in [9.17, 15) is 0 Å². The summed E-state index contributed by atoms with van der Waals surface area (Å²) in [6, 6.07) is 7.45. The van der Waals surface area contributed by atoms with Crippen LogP contribution in [0.25, 0.3) is 5.69 Å². The Bertz CT molecular complexity index is 405. The summed E-state index contributed by atoms with van der Waals surface area (Å²) < 4.78 is 1.71. The van der Waals surface area contributed by atoms with Crippen LogP contribution >= 0.6 is 11.6 Å². The molecule has 1 heterocycles. The van der Waals surface area contributed by atoms with E-state index in [1.165, 1.54) is 0 Å². The second kappa shape index (κ2) is 3.18. The number of hydrogen-bond donors (Lipinski definition) is 0. The van der Waals surface area contributed by atoms with Crippen LogP contribution in [0.5, 0.6) is 0 Å². The molecule has 0 aliphatic carbocycles. The molecule has 0 aliphatic heterocycles. The molecule has 1 aromatic heterocycles. The quantitative estimate of drug-likeness (QED) is 0.696. The molecule has 0 amide bonds. The fourth-order valence-electron chi connectivity index (χ4n) is 1.06. The summed E-state index contributed by atoms with van der Waals surface area (Å²) in [6.07, 6.45) is 1.68. The molecule has 2 aromatic rings. The molecule has 0 fully saturated rings. The Kier molecular flexibility index (Phi) is 2.02. The van der Waals surface area contributed by atoms with Gasteiger partial charge in [0, 0.05) is 5.02 Å². The lowest BCUT2D eigenvalue weighted by atomic mass is 10.3. The maximum atomic E-state index is 5.76. The summed E-state index contributed by atoms with van der Waals surface area (Å²) in [5.41, 5.74) is 0.963. The van der Waals surface area contributed by atoms with E-state index in [0.717, 1.165) is 16.5 Å². The smallest absolute Gasteiger partial charge is 0.147 e. The first-order valence-electron chi connectivity index (χ1n) is 3.90. The van der Waals surface area contributed by atoms with E-state index in [-0.39, 0.29) is 0 Å². The number of hydrogen-bond acceptors (Lipinski definition) is 2. The van der Waals surface area contributed by atoms with Gasteiger partial charge in [-0.25, -0.2) is 9.67 Å². The van der Waals surface area contributed by atoms with Gasteiger partial charge in [-0.15, -0.1) is 0 Å². The molecule has 0 atom stereocenters. The van der Waals surface area contributed by atoms with Gasteiger partial charge in [-0.3, -0.25) is 0 Å². The molecule has 0 bridgehead atoms. The molecule has 0 unspecified atom stereocenters. The predicted octanol–water partition coefficient (Wildman–Crippen LogP) is 2.23. The van der Waals surface area contributed by atoms with Crippen molar-refractivity contribution in [1.82, 2.24) is 14.8 Å². The molecule has 0 N–H and O–H groups in total. The predicted molar refractivity (Wildman–Crippen MR) is 51.1 cm³/mol. The first-order valence-corrected chi connectivity index (χ1v) is 4.28. The van der Waals surface area contributed by atoms with Crippen molar-refractivity contribution in [3.8, 4) is 5.69 Å². The molecule has 0 saturated heterocycles. The normalized spacial score (nSPS) is 10.3. The third kappa shape index (κ3) is 1.70. The lowest BCUT2D eigenvalue weighted by Crippen LogP contribution is -1.93. The van der Waals surface area contributed by atoms with Crippen LogP contribution in [0.4, 0.5) is 0 Å². The number of rotatable bonds is 1. The van der Waals surface area contributed by atoms with Crippen molar-refractivity contribution in [2.75, 3.05) is 0 Å². The number of nitrogens with zero attached hydrogens (tertiary/aromatic N) is 3. The third-order valence-corrected chi connectivity index (χ3v) is 1.95. The maximum Gasteiger partial charge on any atom is 0.147 e. The average Bonchev–Trinajstić information content (AvgIpc) is 2.53. The maximum absolute atomic E-state index is 5.76. The van der Waals surface area contributed by atoms with Crippen molar-refractivity contribution in [2.45, 2.75) is 6.92 Å². The number of aromatic nitrogens is 3. The average molecular weight is 194 g/mol. The lowest BCUT2D eigenvalue weighted by Gasteiger charge is -1.98. The Morgan fingerprint density at radius 1 is 1.23 bits per heavy atom. The van der Waals surface area contributed by atoms with Gasteiger partial charge in [-0.05, 0) is 31.2 Å². The second-order valence-electron chi connectivity index (χ2n) is 2.71. The Morgan fingerprint density at radius 2 is 1.92 bits per heavy atom. The molecule has 0 saturated carbocycles. The van der Waals surface area contributed by atoms with Gasteiger partial charge in [-0.2, -0.15) is 5.10 Å². The highest BCUT2D eigenvalue weighted by Crippen LogP contribution is 2.11. The van der Waals surface area contributed by atoms with Crippen LogP contribution in [-0.2, 0) is 0 Å². The van der Waals surface area contributed by atoms with Crippen LogP contribution in [0.15, 0.2) is 30.6 Å². The van der Waals surface area contributed by atoms with E-state index < -0.39 is 0 Å². The van der Waals surface area contributed by atoms with Gasteiger partial charge < -0.3 is 0 Å². The van der Waals surface area contributed by atoms with Gasteiger partial charge in [0.2, 0.25) is 0 Å². The molecule has 3 nitrogen and oxygen atoms in total. The van der Waals surface area contributed by atoms with Crippen LogP contribution in [-0.4, -0.2) is 14.8 Å². The molecule has 0 spiro atoms. The molecule has 2 rings (SSSR count). The van der Waals surface area contributed by atoms with Gasteiger partial charge in [-0.1, -0.05) is 11.6 Å². The summed E-state index contributed by atoms with van der Waals surface area (Å²) in [4.78, 5) is 4.03. The SMILES string of the molecule is Cc1ncn(-c2ccc(Cl)cc2)n1. The van der Waals surface area contributed by atoms with Crippen molar-refractivity contribution >= 4 is 11.6 Å². The number of benzene rings is 1. The van der Waals surface area contributed by atoms with Crippen molar-refractivity contribution in [2.24, 2.45) is 0 Å². The number of halogens is 1. The molecule has 4 heteroatoms. The van der Waals surface area contributed by atoms with Crippen molar-refractivity contribution < 1.29 is 0 Å². The monoisotopic (exact) mass is 193 g/mol. The summed E-state index contributed by atoms with van der Waals surface area (Å²) in [5.74, 6) is 0.759. The number of aryl methyl sites for hydroxylation is 1. The van der Waals surface area contributed by atoms with Gasteiger partial charge >= 0.3 is 0 Å². The van der Waals surface area contributed by atoms with Gasteiger partial charge in [0.1, 0.15) is 12.2 Å². The highest BCUT2D eigenvalue weighted by Gasteiger charge is 1.97. The topological polar surface area (TPSA) is 30.7 Å². The van der Waals surface area contributed by atoms with E-state index in [0.29, 0.717) is 0 Å². The van der Waals surface area contributed by atoms with Crippen LogP contribution in [0.1, 0.15) is 5.82 Å². The van der Waals surface area contributed by atoms with Crippen molar-refractivity contribution in [1.29, 1.82) is 0 Å². The molecule has 13 heavy (non-hydrogen) atoms. The van der Waals surface area contributed by atoms with Crippen LogP contribution in [0, 0.1) is 6.92 Å². The van der Waals surface area contributed by atoms with Crippen molar-refractivity contribution in [3.05, 3.63) is 41.4 Å². The molecular formula is C9H8ClN3. The first kappa shape index (κ1) is 8.26. The zero-order chi connectivity index (χ0) is 9.26. The van der Waals surface area contributed by atoms with E-state index in [2.05, 4.69) is 10.1 Å².